The summed E-state index contributed by atoms with van der Waals surface area (Å²) in [6.45, 7) is 0.892. The van der Waals surface area contributed by atoms with Crippen molar-refractivity contribution in [1.29, 1.82) is 5.26 Å². The van der Waals surface area contributed by atoms with Crippen LogP contribution in [0.25, 0.3) is 10.4 Å². The van der Waals surface area contributed by atoms with E-state index in [0.717, 1.165) is 6.08 Å². The quantitative estimate of drug-likeness (QED) is 0.163. The van der Waals surface area contributed by atoms with Gasteiger partial charge in [-0.15, -0.1) is 0 Å². The van der Waals surface area contributed by atoms with Crippen LogP contribution < -0.4 is 5.73 Å². The lowest BCUT2D eigenvalue weighted by molar-refractivity contribution is -0.137. The summed E-state index contributed by atoms with van der Waals surface area (Å²) in [7, 11) is 0. The van der Waals surface area contributed by atoms with Gasteiger partial charge < -0.3 is 15.2 Å². The second kappa shape index (κ2) is 11.3. The van der Waals surface area contributed by atoms with Gasteiger partial charge >= 0.3 is 5.97 Å². The van der Waals surface area contributed by atoms with Crippen molar-refractivity contribution in [2.24, 2.45) is 10.8 Å². The zero-order valence-corrected chi connectivity index (χ0v) is 9.91. The third-order valence-corrected chi connectivity index (χ3v) is 1.64. The monoisotopic (exact) mass is 253 g/mol. The molecule has 0 rings (SSSR count). The van der Waals surface area contributed by atoms with Crippen molar-refractivity contribution in [3.8, 4) is 6.07 Å². The smallest absolute Gasteiger partial charge is 0.332 e. The maximum Gasteiger partial charge on any atom is 0.332 e. The lowest BCUT2D eigenvalue weighted by Crippen LogP contribution is -2.12. The molecule has 0 aliphatic carbocycles. The molecule has 0 radical (unpaired) electrons. The van der Waals surface area contributed by atoms with E-state index in [0.29, 0.717) is 19.6 Å². The number of hydrogen-bond donors (Lipinski definition) is 1. The number of esters is 1. The molecule has 0 aliphatic rings. The normalized spacial score (nSPS) is 10.3. The van der Waals surface area contributed by atoms with Crippen LogP contribution in [0.15, 0.2) is 16.9 Å². The van der Waals surface area contributed by atoms with Crippen molar-refractivity contribution in [3.63, 3.8) is 0 Å². The number of ether oxygens (including phenoxy) is 2. The average Bonchev–Trinajstić information content (AvgIpc) is 2.34. The Labute approximate surface area is 105 Å². The SMILES string of the molecule is N#CCCOC(=O)/C=C(\N)COCCCN=[N+]=[N-]. The molecule has 0 unspecified atom stereocenters. The fourth-order valence-corrected chi connectivity index (χ4v) is 0.904. The van der Waals surface area contributed by atoms with E-state index in [1.54, 1.807) is 0 Å². The molecular weight excluding hydrogens is 238 g/mol. The van der Waals surface area contributed by atoms with E-state index in [1.165, 1.54) is 0 Å². The Hall–Kier alpha value is -2.23. The summed E-state index contributed by atoms with van der Waals surface area (Å²) in [6, 6.07) is 1.85. The van der Waals surface area contributed by atoms with Crippen LogP contribution in [0.2, 0.25) is 0 Å². The maximum atomic E-state index is 11.1. The standard InChI is InChI=1S/C10H15N5O3/c11-3-1-6-18-10(16)7-9(12)8-17-5-2-4-14-15-13/h7H,1-2,4-6,8,12H2/b9-7-. The van der Waals surface area contributed by atoms with Crippen LogP contribution in [0, 0.1) is 11.3 Å². The number of nitriles is 1. The van der Waals surface area contributed by atoms with Crippen LogP contribution in [0.3, 0.4) is 0 Å². The van der Waals surface area contributed by atoms with Crippen molar-refractivity contribution in [3.05, 3.63) is 22.2 Å². The van der Waals surface area contributed by atoms with Crippen LogP contribution in [-0.4, -0.2) is 32.3 Å². The molecule has 8 nitrogen and oxygen atoms in total. The van der Waals surface area contributed by atoms with Crippen LogP contribution in [0.1, 0.15) is 12.8 Å². The summed E-state index contributed by atoms with van der Waals surface area (Å²) in [5.41, 5.74) is 13.8. The van der Waals surface area contributed by atoms with E-state index in [2.05, 4.69) is 14.8 Å². The first-order valence-electron chi connectivity index (χ1n) is 5.29. The number of hydrogen-bond acceptors (Lipinski definition) is 6. The summed E-state index contributed by atoms with van der Waals surface area (Å²) in [4.78, 5) is 13.7. The van der Waals surface area contributed by atoms with Gasteiger partial charge in [0.05, 0.1) is 19.1 Å². The summed E-state index contributed by atoms with van der Waals surface area (Å²) in [5, 5.41) is 11.6. The molecule has 0 aliphatic heterocycles. The highest BCUT2D eigenvalue weighted by atomic mass is 16.5. The van der Waals surface area contributed by atoms with E-state index in [4.69, 9.17) is 21.3 Å². The van der Waals surface area contributed by atoms with Gasteiger partial charge in [-0.05, 0) is 12.0 Å². The molecule has 0 amide bonds. The maximum absolute atomic E-state index is 11.1. The zero-order chi connectivity index (χ0) is 13.6. The molecule has 0 saturated carbocycles. The van der Waals surface area contributed by atoms with Gasteiger partial charge in [0.25, 0.3) is 0 Å². The van der Waals surface area contributed by atoms with Crippen molar-refractivity contribution in [2.45, 2.75) is 12.8 Å². The molecule has 98 valence electrons. The lowest BCUT2D eigenvalue weighted by Gasteiger charge is -2.03. The first-order chi connectivity index (χ1) is 8.70. The topological polar surface area (TPSA) is 134 Å². The van der Waals surface area contributed by atoms with Crippen LogP contribution in [-0.2, 0) is 14.3 Å². The zero-order valence-electron chi connectivity index (χ0n) is 9.91. The lowest BCUT2D eigenvalue weighted by atomic mass is 10.4. The highest BCUT2D eigenvalue weighted by Crippen LogP contribution is 1.92. The Morgan fingerprint density at radius 3 is 3.00 bits per heavy atom. The van der Waals surface area contributed by atoms with Gasteiger partial charge in [0.15, 0.2) is 0 Å². The predicted octanol–water partition coefficient (Wildman–Crippen LogP) is 1.00. The Balaban J connectivity index is 3.66. The first-order valence-corrected chi connectivity index (χ1v) is 5.29. The molecule has 18 heavy (non-hydrogen) atoms. The molecule has 2 N–H and O–H groups in total. The molecule has 0 aromatic heterocycles. The number of carbonyl (C=O) groups excluding carboxylic acids is 1. The highest BCUT2D eigenvalue weighted by molar-refractivity contribution is 5.82. The van der Waals surface area contributed by atoms with Crippen molar-refractivity contribution in [2.75, 3.05) is 26.4 Å². The average molecular weight is 253 g/mol. The fraction of sp³-hybridized carbons (Fsp3) is 0.600. The van der Waals surface area contributed by atoms with Gasteiger partial charge in [0.2, 0.25) is 0 Å². The van der Waals surface area contributed by atoms with Gasteiger partial charge in [-0.1, -0.05) is 5.11 Å². The van der Waals surface area contributed by atoms with E-state index in [-0.39, 0.29) is 25.3 Å². The molecule has 0 fully saturated rings. The Morgan fingerprint density at radius 1 is 1.56 bits per heavy atom. The number of nitrogens with two attached hydrogens (primary N) is 1. The molecule has 0 aromatic rings. The van der Waals surface area contributed by atoms with Crippen molar-refractivity contribution >= 4 is 5.97 Å². The minimum Gasteiger partial charge on any atom is -0.461 e. The van der Waals surface area contributed by atoms with E-state index < -0.39 is 5.97 Å². The Morgan fingerprint density at radius 2 is 2.33 bits per heavy atom. The first kappa shape index (κ1) is 15.8. The third kappa shape index (κ3) is 10.3. The summed E-state index contributed by atoms with van der Waals surface area (Å²) in [5.74, 6) is -0.597. The number of nitrogens with zero attached hydrogens (tertiary/aromatic N) is 4. The molecule has 0 saturated heterocycles. The Kier molecular flexibility index (Phi) is 9.87. The summed E-state index contributed by atoms with van der Waals surface area (Å²) >= 11 is 0. The van der Waals surface area contributed by atoms with Gasteiger partial charge in [0, 0.05) is 29.8 Å². The molecule has 0 spiro atoms. The van der Waals surface area contributed by atoms with Crippen LogP contribution >= 0.6 is 0 Å². The Bertz CT molecular complexity index is 368. The fourth-order valence-electron chi connectivity index (χ4n) is 0.904. The molecule has 8 heteroatoms. The van der Waals surface area contributed by atoms with Gasteiger partial charge in [-0.25, -0.2) is 4.79 Å². The minimum atomic E-state index is -0.597. The molecule has 0 bridgehead atoms. The molecule has 0 aromatic carbocycles. The summed E-state index contributed by atoms with van der Waals surface area (Å²) in [6.07, 6.45) is 1.85. The summed E-state index contributed by atoms with van der Waals surface area (Å²) < 4.78 is 9.82. The number of rotatable bonds is 9. The van der Waals surface area contributed by atoms with Gasteiger partial charge in [-0.2, -0.15) is 5.26 Å². The third-order valence-electron chi connectivity index (χ3n) is 1.64. The molecule has 0 atom stereocenters. The number of azide groups is 1. The van der Waals surface area contributed by atoms with E-state index >= 15 is 0 Å². The highest BCUT2D eigenvalue weighted by Gasteiger charge is 2.00. The van der Waals surface area contributed by atoms with E-state index in [9.17, 15) is 4.79 Å². The van der Waals surface area contributed by atoms with Crippen LogP contribution in [0.4, 0.5) is 0 Å². The van der Waals surface area contributed by atoms with Crippen molar-refractivity contribution < 1.29 is 14.3 Å². The second-order valence-electron chi connectivity index (χ2n) is 3.16. The number of carbonyl (C=O) groups is 1. The predicted molar refractivity (Wildman–Crippen MR) is 62.9 cm³/mol. The molecular formula is C10H15N5O3. The minimum absolute atomic E-state index is 0.0478. The van der Waals surface area contributed by atoms with E-state index in [1.807, 2.05) is 6.07 Å². The molecule has 0 heterocycles. The second-order valence-corrected chi connectivity index (χ2v) is 3.16. The largest absolute Gasteiger partial charge is 0.461 e. The van der Waals surface area contributed by atoms with Crippen molar-refractivity contribution in [1.82, 2.24) is 0 Å². The van der Waals surface area contributed by atoms with Crippen LogP contribution in [0.5, 0.6) is 0 Å². The van der Waals surface area contributed by atoms with Gasteiger partial charge in [0.1, 0.15) is 6.61 Å². The van der Waals surface area contributed by atoms with Gasteiger partial charge in [-0.3, -0.25) is 0 Å².